The molecule has 0 saturated carbocycles. The minimum atomic E-state index is -5.75. The van der Waals surface area contributed by atoms with Gasteiger partial charge in [0.25, 0.3) is 30.4 Å². The van der Waals surface area contributed by atoms with Crippen LogP contribution in [0.4, 0.5) is 52.7 Å². The van der Waals surface area contributed by atoms with Crippen LogP contribution in [0, 0.1) is 0 Å². The van der Waals surface area contributed by atoms with Gasteiger partial charge in [-0.2, -0.15) is 77.9 Å². The Hall–Kier alpha value is -2.58. The molecule has 0 atom stereocenters. The van der Waals surface area contributed by atoms with Gasteiger partial charge >= 0.3 is 24.7 Å². The fourth-order valence-corrected chi connectivity index (χ4v) is 6.76. The van der Waals surface area contributed by atoms with Gasteiger partial charge in [0.2, 0.25) is 0 Å². The normalized spacial score (nSPS) is 13.5. The van der Waals surface area contributed by atoms with Crippen molar-refractivity contribution in [2.45, 2.75) is 39.4 Å². The smallest absolute Gasteiger partial charge is 0.282 e. The van der Waals surface area contributed by atoms with E-state index in [1.54, 1.807) is 0 Å². The highest BCUT2D eigenvalue weighted by Gasteiger charge is 2.43. The van der Waals surface area contributed by atoms with Gasteiger partial charge < -0.3 is 0 Å². The van der Waals surface area contributed by atoms with Crippen LogP contribution in [0.3, 0.4) is 0 Å². The zero-order valence-corrected chi connectivity index (χ0v) is 27.7. The van der Waals surface area contributed by atoms with Gasteiger partial charge in [0.1, 0.15) is 14.7 Å². The lowest BCUT2D eigenvalue weighted by Gasteiger charge is -2.17. The summed E-state index contributed by atoms with van der Waals surface area (Å²) in [4.78, 5) is -4.32. The molecule has 0 radical (unpaired) electrons. The molecule has 9 nitrogen and oxygen atoms in total. The zero-order chi connectivity index (χ0) is 39.1. The van der Waals surface area contributed by atoms with Gasteiger partial charge in [0.05, 0.1) is 37.3 Å². The second-order valence-corrected chi connectivity index (χ2v) is 14.6. The van der Waals surface area contributed by atoms with Gasteiger partial charge in [-0.05, 0) is 48.5 Å². The first-order valence-corrected chi connectivity index (χ1v) is 17.1. The molecule has 0 amide bonds. The number of alkyl halides is 12. The molecule has 280 valence electrons. The number of hydrogen-bond donors (Lipinski definition) is 1. The van der Waals surface area contributed by atoms with Crippen molar-refractivity contribution in [3.05, 3.63) is 85.9 Å². The minimum Gasteiger partial charge on any atom is -0.282 e. The van der Waals surface area contributed by atoms with Crippen LogP contribution in [-0.4, -0.2) is 36.6 Å². The van der Waals surface area contributed by atoms with Crippen molar-refractivity contribution in [3.8, 4) is 0 Å². The molecule has 0 fully saturated rings. The van der Waals surface area contributed by atoms with E-state index in [2.05, 4.69) is 8.37 Å². The topological polar surface area (TPSA) is 141 Å². The lowest BCUT2D eigenvalue weighted by atomic mass is 10.1. The maximum absolute atomic E-state index is 13.2. The van der Waals surface area contributed by atoms with Crippen LogP contribution in [0.1, 0.15) is 22.3 Å². The molecule has 3 aromatic rings. The second-order valence-electron chi connectivity index (χ2n) is 8.85. The van der Waals surface area contributed by atoms with Crippen LogP contribution in [0.2, 0.25) is 15.1 Å². The van der Waals surface area contributed by atoms with E-state index in [0.29, 0.717) is 0 Å². The van der Waals surface area contributed by atoms with Gasteiger partial charge in [-0.3, -0.25) is 4.55 Å². The molecule has 0 aromatic heterocycles. The molecule has 27 heteroatoms. The highest BCUT2D eigenvalue weighted by atomic mass is 35.5. The van der Waals surface area contributed by atoms with Crippen molar-refractivity contribution < 1.29 is 90.9 Å². The van der Waals surface area contributed by atoms with Crippen LogP contribution in [0.5, 0.6) is 0 Å². The first-order valence-electron chi connectivity index (χ1n) is 11.7. The summed E-state index contributed by atoms with van der Waals surface area (Å²) in [6, 6.07) is 0.440. The van der Waals surface area contributed by atoms with Crippen molar-refractivity contribution in [1.29, 1.82) is 0 Å². The molecule has 0 aliphatic rings. The summed E-state index contributed by atoms with van der Waals surface area (Å²) in [6.07, 6.45) is -22.1. The fourth-order valence-electron chi connectivity index (χ4n) is 3.27. The maximum Gasteiger partial charge on any atom is 0.417 e. The highest BCUT2D eigenvalue weighted by Crippen LogP contribution is 2.41. The Morgan fingerprint density at radius 2 is 0.840 bits per heavy atom. The van der Waals surface area contributed by atoms with E-state index in [0.717, 1.165) is 12.1 Å². The van der Waals surface area contributed by atoms with Crippen LogP contribution >= 0.6 is 34.8 Å². The molecular weight excluding hydrogens is 851 g/mol. The van der Waals surface area contributed by atoms with Crippen molar-refractivity contribution >= 4 is 65.2 Å². The van der Waals surface area contributed by atoms with Crippen LogP contribution in [-0.2, 0) is 63.4 Å². The molecule has 0 bridgehead atoms. The first-order chi connectivity index (χ1) is 22.2. The number of benzene rings is 3. The predicted molar refractivity (Wildman–Crippen MR) is 146 cm³/mol. The summed E-state index contributed by atoms with van der Waals surface area (Å²) in [6.45, 7) is -2.14. The molecule has 0 spiro atoms. The third-order valence-corrected chi connectivity index (χ3v) is 10.1. The number of rotatable bonds is 7. The van der Waals surface area contributed by atoms with Gasteiger partial charge in [-0.25, -0.2) is 8.37 Å². The van der Waals surface area contributed by atoms with Crippen molar-refractivity contribution in [2.24, 2.45) is 0 Å². The lowest BCUT2D eigenvalue weighted by molar-refractivity contribution is -0.146. The summed E-state index contributed by atoms with van der Waals surface area (Å²) in [5, 5.41) is -0.0327. The Morgan fingerprint density at radius 1 is 0.500 bits per heavy atom. The molecule has 3 aromatic carbocycles. The third-order valence-electron chi connectivity index (χ3n) is 5.42. The average Bonchev–Trinajstić information content (AvgIpc) is 2.92. The zero-order valence-electron chi connectivity index (χ0n) is 22.9. The molecular formula is C23H11Cl3F12O9S3. The van der Waals surface area contributed by atoms with Crippen LogP contribution in [0.15, 0.2) is 63.2 Å². The predicted octanol–water partition coefficient (Wildman–Crippen LogP) is 8.72. The molecule has 50 heavy (non-hydrogen) atoms. The Labute approximate surface area is 287 Å². The van der Waals surface area contributed by atoms with E-state index in [1.165, 1.54) is 0 Å². The third kappa shape index (κ3) is 11.2. The Bertz CT molecular complexity index is 1980. The van der Waals surface area contributed by atoms with E-state index in [-0.39, 0.29) is 39.3 Å². The van der Waals surface area contributed by atoms with E-state index >= 15 is 0 Å². The van der Waals surface area contributed by atoms with Crippen molar-refractivity contribution in [1.82, 2.24) is 0 Å². The molecule has 0 heterocycles. The van der Waals surface area contributed by atoms with E-state index in [9.17, 15) is 77.9 Å². The summed E-state index contributed by atoms with van der Waals surface area (Å²) >= 11 is 16.6. The Morgan fingerprint density at radius 3 is 1.14 bits per heavy atom. The second kappa shape index (κ2) is 14.8. The van der Waals surface area contributed by atoms with Gasteiger partial charge in [0.15, 0.2) is 6.79 Å². The largest absolute Gasteiger partial charge is 0.417 e. The first kappa shape index (κ1) is 43.6. The highest BCUT2D eigenvalue weighted by molar-refractivity contribution is 7.87. The van der Waals surface area contributed by atoms with Crippen LogP contribution in [0.25, 0.3) is 0 Å². The SMILES string of the molecule is O=S(=O)(O)c1cc(Cl)c(Cl)cc1Cl.O=S(=O)(OCOS(=O)(=O)c1ccc(C(F)(F)F)cc1C(F)(F)F)c1ccc(C(F)(F)F)cc1C(F)(F)F. The molecule has 0 unspecified atom stereocenters. The summed E-state index contributed by atoms with van der Waals surface area (Å²) in [5.74, 6) is 0. The number of hydrogen-bond acceptors (Lipinski definition) is 8. The molecule has 1 N–H and O–H groups in total. The van der Waals surface area contributed by atoms with E-state index in [1.807, 2.05) is 0 Å². The Balaban J connectivity index is 0.000000557. The van der Waals surface area contributed by atoms with E-state index in [4.69, 9.17) is 39.4 Å². The summed E-state index contributed by atoms with van der Waals surface area (Å²) in [5.41, 5.74) is -8.60. The minimum absolute atomic E-state index is 0.0127. The lowest BCUT2D eigenvalue weighted by Crippen LogP contribution is -2.21. The van der Waals surface area contributed by atoms with Gasteiger partial charge in [-0.15, -0.1) is 0 Å². The standard InChI is InChI=1S/C17H8F12O6S2.C6H3Cl3O3S/c18-14(19,20)8-1-3-12(10(5-8)16(24,25)26)36(30,31)34-7-35-37(32,33)13-4-2-9(15(21,22)23)6-11(13)17(27,28)29;7-3-1-5(9)6(2-4(3)8)13(10,11)12/h1-6H,7H2;1-2H,(H,10,11,12). The molecule has 0 aliphatic heterocycles. The Kier molecular flexibility index (Phi) is 12.9. The van der Waals surface area contributed by atoms with Crippen molar-refractivity contribution in [2.75, 3.05) is 6.79 Å². The number of halogens is 15. The van der Waals surface area contributed by atoms with Crippen LogP contribution < -0.4 is 0 Å². The summed E-state index contributed by atoms with van der Waals surface area (Å²) < 4.78 is 241. The molecule has 0 aliphatic carbocycles. The van der Waals surface area contributed by atoms with Gasteiger partial charge in [0, 0.05) is 0 Å². The van der Waals surface area contributed by atoms with E-state index < -0.39 is 111 Å². The molecule has 3 rings (SSSR count). The fraction of sp³-hybridized carbons (Fsp3) is 0.217. The quantitative estimate of drug-likeness (QED) is 0.0812. The maximum atomic E-state index is 13.2. The summed E-state index contributed by atoms with van der Waals surface area (Å²) in [7, 11) is -15.9. The molecule has 0 saturated heterocycles. The van der Waals surface area contributed by atoms with Crippen molar-refractivity contribution in [3.63, 3.8) is 0 Å². The monoisotopic (exact) mass is 860 g/mol. The average molecular weight is 862 g/mol. The van der Waals surface area contributed by atoms with Gasteiger partial charge in [-0.1, -0.05) is 34.8 Å².